The number of hydrogen-bond donors (Lipinski definition) is 1. The molecule has 2 atom stereocenters. The number of rotatable bonds is 5. The molecule has 4 saturated carbocycles. The lowest BCUT2D eigenvalue weighted by Gasteiger charge is -2.60. The zero-order chi connectivity index (χ0) is 21.1. The van der Waals surface area contributed by atoms with E-state index >= 15 is 0 Å². The molecule has 4 aliphatic rings. The van der Waals surface area contributed by atoms with Crippen molar-refractivity contribution in [1.82, 2.24) is 24.5 Å². The van der Waals surface area contributed by atoms with Crippen LogP contribution in [0.2, 0.25) is 5.28 Å². The van der Waals surface area contributed by atoms with Crippen molar-refractivity contribution in [3.8, 4) is 0 Å². The Kier molecular flexibility index (Phi) is 4.25. The summed E-state index contributed by atoms with van der Waals surface area (Å²) in [6.07, 6.45) is 9.68. The molecule has 7 nitrogen and oxygen atoms in total. The largest absolute Gasteiger partial charge is 0.309 e. The van der Waals surface area contributed by atoms with Gasteiger partial charge in [0.2, 0.25) is 11.2 Å². The van der Waals surface area contributed by atoms with Crippen molar-refractivity contribution in [2.75, 3.05) is 5.32 Å². The third-order valence-corrected chi connectivity index (χ3v) is 7.70. The van der Waals surface area contributed by atoms with Gasteiger partial charge in [0.25, 0.3) is 0 Å². The molecule has 8 heteroatoms. The van der Waals surface area contributed by atoms with E-state index in [0.29, 0.717) is 24.2 Å². The minimum atomic E-state index is -0.369. The molecule has 2 heterocycles. The standard InChI is InChI=1S/C23H25ClN6O/c24-21-25-15-30(28-21)23-11-17-8-18(12-23)10-22(9-17,14-23)20(31)26-19-6-7-29(27-19)13-16-4-2-1-3-5-16/h1-7,15,17-18H,8-14H2,(H,26,27,31). The normalized spacial score (nSPS) is 31.1. The van der Waals surface area contributed by atoms with E-state index in [0.717, 1.165) is 32.1 Å². The predicted octanol–water partition coefficient (Wildman–Crippen LogP) is 4.11. The second-order valence-electron chi connectivity index (χ2n) is 9.76. The summed E-state index contributed by atoms with van der Waals surface area (Å²) in [6, 6.07) is 12.1. The Balaban J connectivity index is 1.22. The van der Waals surface area contributed by atoms with E-state index in [1.54, 1.807) is 6.33 Å². The minimum Gasteiger partial charge on any atom is -0.309 e. The van der Waals surface area contributed by atoms with Gasteiger partial charge in [-0.05, 0) is 67.5 Å². The molecule has 0 saturated heterocycles. The first-order chi connectivity index (χ1) is 15.0. The number of hydrogen-bond acceptors (Lipinski definition) is 4. The molecule has 0 radical (unpaired) electrons. The third-order valence-electron chi connectivity index (χ3n) is 7.53. The van der Waals surface area contributed by atoms with Crippen molar-refractivity contribution in [2.24, 2.45) is 17.3 Å². The summed E-state index contributed by atoms with van der Waals surface area (Å²) in [5, 5.41) is 12.4. The smallest absolute Gasteiger partial charge is 0.242 e. The highest BCUT2D eigenvalue weighted by atomic mass is 35.5. The van der Waals surface area contributed by atoms with Gasteiger partial charge in [0.15, 0.2) is 5.82 Å². The number of nitrogens with one attached hydrogen (secondary N) is 1. The summed E-state index contributed by atoms with van der Waals surface area (Å²) in [6.45, 7) is 0.683. The van der Waals surface area contributed by atoms with E-state index in [-0.39, 0.29) is 22.1 Å². The highest BCUT2D eigenvalue weighted by molar-refractivity contribution is 6.28. The van der Waals surface area contributed by atoms with Crippen LogP contribution in [0.1, 0.15) is 44.1 Å². The lowest BCUT2D eigenvalue weighted by atomic mass is 9.46. The molecular weight excluding hydrogens is 412 g/mol. The number of amides is 1. The van der Waals surface area contributed by atoms with Crippen LogP contribution in [-0.4, -0.2) is 30.5 Å². The molecule has 1 N–H and O–H groups in total. The molecule has 4 fully saturated rings. The predicted molar refractivity (Wildman–Crippen MR) is 117 cm³/mol. The molecule has 160 valence electrons. The first-order valence-corrected chi connectivity index (χ1v) is 11.4. The Morgan fingerprint density at radius 3 is 2.58 bits per heavy atom. The maximum Gasteiger partial charge on any atom is 0.242 e. The maximum absolute atomic E-state index is 13.6. The molecule has 0 aliphatic heterocycles. The molecule has 4 aliphatic carbocycles. The van der Waals surface area contributed by atoms with Crippen molar-refractivity contribution in [1.29, 1.82) is 0 Å². The second kappa shape index (κ2) is 6.92. The number of carbonyl (C=O) groups excluding carboxylic acids is 1. The van der Waals surface area contributed by atoms with E-state index in [4.69, 9.17) is 11.6 Å². The van der Waals surface area contributed by atoms with Crippen molar-refractivity contribution < 1.29 is 4.79 Å². The molecule has 7 rings (SSSR count). The molecule has 2 aromatic heterocycles. The lowest BCUT2D eigenvalue weighted by molar-refractivity contribution is -0.150. The van der Waals surface area contributed by atoms with Crippen LogP contribution < -0.4 is 5.32 Å². The van der Waals surface area contributed by atoms with Crippen LogP contribution >= 0.6 is 11.6 Å². The zero-order valence-corrected chi connectivity index (χ0v) is 18.0. The quantitative estimate of drug-likeness (QED) is 0.652. The van der Waals surface area contributed by atoms with Gasteiger partial charge in [-0.3, -0.25) is 9.48 Å². The average molecular weight is 437 g/mol. The summed E-state index contributed by atoms with van der Waals surface area (Å²) >= 11 is 6.03. The van der Waals surface area contributed by atoms with Gasteiger partial charge in [0.05, 0.1) is 17.5 Å². The van der Waals surface area contributed by atoms with Crippen molar-refractivity contribution >= 4 is 23.3 Å². The SMILES string of the molecule is O=C(Nc1ccn(Cc2ccccc2)n1)C12CC3CC(C1)CC(n1cnc(Cl)n1)(C3)C2. The summed E-state index contributed by atoms with van der Waals surface area (Å²) < 4.78 is 3.81. The fourth-order valence-electron chi connectivity index (χ4n) is 6.76. The molecule has 4 bridgehead atoms. The molecule has 31 heavy (non-hydrogen) atoms. The van der Waals surface area contributed by atoms with Crippen LogP contribution in [0, 0.1) is 17.3 Å². The Morgan fingerprint density at radius 1 is 1.10 bits per heavy atom. The van der Waals surface area contributed by atoms with Gasteiger partial charge < -0.3 is 5.32 Å². The van der Waals surface area contributed by atoms with E-state index < -0.39 is 0 Å². The Bertz CT molecular complexity index is 1110. The number of nitrogens with zero attached hydrogens (tertiary/aromatic N) is 5. The van der Waals surface area contributed by atoms with Crippen LogP contribution in [0.3, 0.4) is 0 Å². The zero-order valence-electron chi connectivity index (χ0n) is 17.2. The van der Waals surface area contributed by atoms with E-state index in [2.05, 4.69) is 32.6 Å². The molecule has 0 spiro atoms. The second-order valence-corrected chi connectivity index (χ2v) is 10.1. The van der Waals surface area contributed by atoms with Gasteiger partial charge >= 0.3 is 0 Å². The number of aromatic nitrogens is 5. The van der Waals surface area contributed by atoms with Gasteiger partial charge in [-0.2, -0.15) is 5.10 Å². The summed E-state index contributed by atoms with van der Waals surface area (Å²) in [5.41, 5.74) is 0.665. The summed E-state index contributed by atoms with van der Waals surface area (Å²) in [7, 11) is 0. The van der Waals surface area contributed by atoms with Crippen LogP contribution in [0.25, 0.3) is 0 Å². The Morgan fingerprint density at radius 2 is 1.87 bits per heavy atom. The van der Waals surface area contributed by atoms with Crippen molar-refractivity contribution in [2.45, 2.75) is 50.6 Å². The fourth-order valence-corrected chi connectivity index (χ4v) is 6.88. The van der Waals surface area contributed by atoms with Crippen LogP contribution in [0.4, 0.5) is 5.82 Å². The monoisotopic (exact) mass is 436 g/mol. The number of halogens is 1. The molecular formula is C23H25ClN6O. The lowest BCUT2D eigenvalue weighted by Crippen LogP contribution is -2.60. The van der Waals surface area contributed by atoms with Gasteiger partial charge in [0.1, 0.15) is 6.33 Å². The van der Waals surface area contributed by atoms with Crippen LogP contribution in [-0.2, 0) is 16.9 Å². The fraction of sp³-hybridized carbons (Fsp3) is 0.478. The summed E-state index contributed by atoms with van der Waals surface area (Å²) in [4.78, 5) is 17.7. The van der Waals surface area contributed by atoms with Gasteiger partial charge in [-0.15, -0.1) is 5.10 Å². The van der Waals surface area contributed by atoms with E-state index in [1.807, 2.05) is 39.8 Å². The van der Waals surface area contributed by atoms with Gasteiger partial charge in [-0.1, -0.05) is 30.3 Å². The van der Waals surface area contributed by atoms with Crippen LogP contribution in [0.5, 0.6) is 0 Å². The van der Waals surface area contributed by atoms with E-state index in [9.17, 15) is 4.79 Å². The van der Waals surface area contributed by atoms with E-state index in [1.165, 1.54) is 12.0 Å². The number of benzene rings is 1. The van der Waals surface area contributed by atoms with Crippen molar-refractivity contribution in [3.05, 3.63) is 59.8 Å². The molecule has 1 aromatic carbocycles. The molecule has 1 amide bonds. The number of anilines is 1. The van der Waals surface area contributed by atoms with Gasteiger partial charge in [0, 0.05) is 12.3 Å². The maximum atomic E-state index is 13.6. The van der Waals surface area contributed by atoms with Gasteiger partial charge in [-0.25, -0.2) is 9.67 Å². The highest BCUT2D eigenvalue weighted by Gasteiger charge is 2.61. The van der Waals surface area contributed by atoms with Crippen molar-refractivity contribution in [3.63, 3.8) is 0 Å². The minimum absolute atomic E-state index is 0.0992. The molecule has 3 aromatic rings. The Labute approximate surface area is 185 Å². The Hall–Kier alpha value is -2.67. The topological polar surface area (TPSA) is 77.6 Å². The van der Waals surface area contributed by atoms with Crippen LogP contribution in [0.15, 0.2) is 48.9 Å². The highest BCUT2D eigenvalue weighted by Crippen LogP contribution is 2.64. The number of carbonyl (C=O) groups is 1. The average Bonchev–Trinajstić information content (AvgIpc) is 3.37. The third kappa shape index (κ3) is 3.26. The first kappa shape index (κ1) is 19.0. The summed E-state index contributed by atoms with van der Waals surface area (Å²) in [5.74, 6) is 1.81. The first-order valence-electron chi connectivity index (χ1n) is 11.0. The molecule has 2 unspecified atom stereocenters.